The number of amides is 1. The lowest BCUT2D eigenvalue weighted by Gasteiger charge is -2.34. The van der Waals surface area contributed by atoms with Crippen LogP contribution in [0.4, 0.5) is 0 Å². The van der Waals surface area contributed by atoms with E-state index in [1.54, 1.807) is 49.5 Å². The molecule has 7 nitrogen and oxygen atoms in total. The molecule has 0 radical (unpaired) electrons. The zero-order chi connectivity index (χ0) is 20.9. The van der Waals surface area contributed by atoms with Gasteiger partial charge in [-0.1, -0.05) is 24.3 Å². The van der Waals surface area contributed by atoms with E-state index in [2.05, 4.69) is 0 Å². The number of sulfonamides is 1. The number of ether oxygens (including phenoxy) is 2. The Kier molecular flexibility index (Phi) is 6.76. The molecular formula is C21H26N2O5S. The van der Waals surface area contributed by atoms with Crippen LogP contribution < -0.4 is 9.47 Å². The van der Waals surface area contributed by atoms with Crippen LogP contribution in [-0.4, -0.2) is 63.9 Å². The highest BCUT2D eigenvalue weighted by Crippen LogP contribution is 2.28. The van der Waals surface area contributed by atoms with Crippen LogP contribution in [-0.2, 0) is 21.2 Å². The predicted molar refractivity (Wildman–Crippen MR) is 110 cm³/mol. The Labute approximate surface area is 171 Å². The molecule has 0 unspecified atom stereocenters. The van der Waals surface area contributed by atoms with Crippen molar-refractivity contribution in [2.75, 3.05) is 40.4 Å². The summed E-state index contributed by atoms with van der Waals surface area (Å²) in [6, 6.07) is 14.0. The number of hydrogen-bond donors (Lipinski definition) is 0. The number of carbonyl (C=O) groups is 1. The maximum atomic E-state index is 12.7. The topological polar surface area (TPSA) is 76.2 Å². The first-order chi connectivity index (χ1) is 14.0. The van der Waals surface area contributed by atoms with Crippen LogP contribution in [0.15, 0.2) is 53.4 Å². The Bertz CT molecular complexity index is 939. The molecule has 2 aromatic carbocycles. The van der Waals surface area contributed by atoms with E-state index in [9.17, 15) is 13.2 Å². The van der Waals surface area contributed by atoms with Crippen LogP contribution in [0.2, 0.25) is 0 Å². The minimum Gasteiger partial charge on any atom is -0.493 e. The average molecular weight is 419 g/mol. The lowest BCUT2D eigenvalue weighted by molar-refractivity contribution is -0.132. The zero-order valence-electron chi connectivity index (χ0n) is 16.7. The van der Waals surface area contributed by atoms with E-state index in [-0.39, 0.29) is 10.8 Å². The minimum atomic E-state index is -3.51. The molecule has 0 aliphatic carbocycles. The summed E-state index contributed by atoms with van der Waals surface area (Å²) in [5, 5.41) is 0. The van der Waals surface area contributed by atoms with Gasteiger partial charge in [0.15, 0.2) is 11.5 Å². The third kappa shape index (κ3) is 4.89. The van der Waals surface area contributed by atoms with Crippen molar-refractivity contribution in [1.82, 2.24) is 9.21 Å². The predicted octanol–water partition coefficient (Wildman–Crippen LogP) is 2.17. The number of benzene rings is 2. The molecule has 1 heterocycles. The van der Waals surface area contributed by atoms with E-state index in [0.29, 0.717) is 50.5 Å². The number of aryl methyl sites for hydroxylation is 1. The Morgan fingerprint density at radius 1 is 0.931 bits per heavy atom. The number of hydrogen-bond acceptors (Lipinski definition) is 5. The summed E-state index contributed by atoms with van der Waals surface area (Å²) in [6.07, 6.45) is 0.947. The first-order valence-corrected chi connectivity index (χ1v) is 10.9. The molecule has 0 atom stereocenters. The number of rotatable bonds is 7. The molecule has 1 amide bonds. The number of piperazine rings is 1. The van der Waals surface area contributed by atoms with E-state index in [4.69, 9.17) is 9.47 Å². The average Bonchev–Trinajstić information content (AvgIpc) is 2.77. The van der Waals surface area contributed by atoms with Gasteiger partial charge in [0.1, 0.15) is 0 Å². The number of carbonyl (C=O) groups excluding carboxylic acids is 1. The summed E-state index contributed by atoms with van der Waals surface area (Å²) in [4.78, 5) is 14.6. The first-order valence-electron chi connectivity index (χ1n) is 9.49. The molecule has 2 aromatic rings. The molecule has 1 aliphatic rings. The molecule has 0 aromatic heterocycles. The first kappa shape index (κ1) is 21.1. The highest BCUT2D eigenvalue weighted by molar-refractivity contribution is 7.89. The van der Waals surface area contributed by atoms with Gasteiger partial charge in [-0.25, -0.2) is 8.42 Å². The number of nitrogens with zero attached hydrogens (tertiary/aromatic N) is 2. The largest absolute Gasteiger partial charge is 0.493 e. The molecule has 3 rings (SSSR count). The summed E-state index contributed by atoms with van der Waals surface area (Å²) in [6.45, 7) is 1.41. The van der Waals surface area contributed by atoms with Crippen molar-refractivity contribution in [3.8, 4) is 11.5 Å². The fraction of sp³-hybridized carbons (Fsp3) is 0.381. The Morgan fingerprint density at radius 3 is 2.21 bits per heavy atom. The molecule has 1 aliphatic heterocycles. The van der Waals surface area contributed by atoms with Crippen LogP contribution in [0.1, 0.15) is 12.0 Å². The standard InChI is InChI=1S/C21H26N2O5S/c1-27-19-10-8-17(16-20(19)28-2)9-11-21(24)22-12-14-23(15-13-22)29(25,26)18-6-4-3-5-7-18/h3-8,10,16H,9,11-15H2,1-2H3. The highest BCUT2D eigenvalue weighted by Gasteiger charge is 2.29. The van der Waals surface area contributed by atoms with Crippen molar-refractivity contribution in [1.29, 1.82) is 0 Å². The third-order valence-corrected chi connectivity index (χ3v) is 6.96. The SMILES string of the molecule is COc1ccc(CCC(=O)N2CCN(S(=O)(=O)c3ccccc3)CC2)cc1OC. The normalized spacial score (nSPS) is 15.2. The fourth-order valence-electron chi connectivity index (χ4n) is 3.36. The summed E-state index contributed by atoms with van der Waals surface area (Å²) < 4.78 is 37.3. The summed E-state index contributed by atoms with van der Waals surface area (Å²) in [5.74, 6) is 1.31. The molecule has 0 saturated carbocycles. The maximum absolute atomic E-state index is 12.7. The van der Waals surface area contributed by atoms with Gasteiger partial charge >= 0.3 is 0 Å². The third-order valence-electron chi connectivity index (χ3n) is 5.05. The molecule has 0 spiro atoms. The monoisotopic (exact) mass is 418 g/mol. The molecule has 0 N–H and O–H groups in total. The lowest BCUT2D eigenvalue weighted by Crippen LogP contribution is -2.50. The van der Waals surface area contributed by atoms with Crippen molar-refractivity contribution < 1.29 is 22.7 Å². The molecule has 0 bridgehead atoms. The van der Waals surface area contributed by atoms with Crippen molar-refractivity contribution in [2.45, 2.75) is 17.7 Å². The summed E-state index contributed by atoms with van der Waals surface area (Å²) in [7, 11) is -0.350. The molecule has 1 fully saturated rings. The van der Waals surface area contributed by atoms with Gasteiger partial charge in [0, 0.05) is 32.6 Å². The Hall–Kier alpha value is -2.58. The van der Waals surface area contributed by atoms with Crippen LogP contribution in [0, 0.1) is 0 Å². The quantitative estimate of drug-likeness (QED) is 0.689. The smallest absolute Gasteiger partial charge is 0.243 e. The van der Waals surface area contributed by atoms with Gasteiger partial charge in [0.2, 0.25) is 15.9 Å². The van der Waals surface area contributed by atoms with Crippen LogP contribution in [0.3, 0.4) is 0 Å². The zero-order valence-corrected chi connectivity index (χ0v) is 17.5. The lowest BCUT2D eigenvalue weighted by atomic mass is 10.1. The van der Waals surface area contributed by atoms with Crippen LogP contribution >= 0.6 is 0 Å². The van der Waals surface area contributed by atoms with Crippen molar-refractivity contribution >= 4 is 15.9 Å². The summed E-state index contributed by atoms with van der Waals surface area (Å²) in [5.41, 5.74) is 0.987. The Balaban J connectivity index is 1.54. The van der Waals surface area contributed by atoms with E-state index in [0.717, 1.165) is 5.56 Å². The minimum absolute atomic E-state index is 0.0246. The molecule has 29 heavy (non-hydrogen) atoms. The molecule has 1 saturated heterocycles. The fourth-order valence-corrected chi connectivity index (χ4v) is 4.81. The highest BCUT2D eigenvalue weighted by atomic mass is 32.2. The van der Waals surface area contributed by atoms with Crippen molar-refractivity contribution in [3.05, 3.63) is 54.1 Å². The van der Waals surface area contributed by atoms with Crippen LogP contribution in [0.5, 0.6) is 11.5 Å². The van der Waals surface area contributed by atoms with E-state index < -0.39 is 10.0 Å². The Morgan fingerprint density at radius 2 is 1.59 bits per heavy atom. The molecular weight excluding hydrogens is 392 g/mol. The van der Waals surface area contributed by atoms with Gasteiger partial charge in [0.05, 0.1) is 19.1 Å². The van der Waals surface area contributed by atoms with E-state index in [1.165, 1.54) is 4.31 Å². The summed E-state index contributed by atoms with van der Waals surface area (Å²) >= 11 is 0. The van der Waals surface area contributed by atoms with Crippen molar-refractivity contribution in [2.24, 2.45) is 0 Å². The van der Waals surface area contributed by atoms with Gasteiger partial charge in [-0.3, -0.25) is 4.79 Å². The second-order valence-corrected chi connectivity index (χ2v) is 8.73. The number of methoxy groups -OCH3 is 2. The second kappa shape index (κ2) is 9.28. The van der Waals surface area contributed by atoms with Crippen LogP contribution in [0.25, 0.3) is 0 Å². The maximum Gasteiger partial charge on any atom is 0.243 e. The van der Waals surface area contributed by atoms with Gasteiger partial charge in [-0.15, -0.1) is 0 Å². The van der Waals surface area contributed by atoms with Gasteiger partial charge in [-0.2, -0.15) is 4.31 Å². The van der Waals surface area contributed by atoms with Gasteiger partial charge in [-0.05, 0) is 36.2 Å². The second-order valence-electron chi connectivity index (χ2n) is 6.79. The van der Waals surface area contributed by atoms with Gasteiger partial charge in [0.25, 0.3) is 0 Å². The molecule has 8 heteroatoms. The van der Waals surface area contributed by atoms with Crippen molar-refractivity contribution in [3.63, 3.8) is 0 Å². The van der Waals surface area contributed by atoms with E-state index in [1.807, 2.05) is 18.2 Å². The van der Waals surface area contributed by atoms with Gasteiger partial charge < -0.3 is 14.4 Å². The molecule has 156 valence electrons. The van der Waals surface area contributed by atoms with E-state index >= 15 is 0 Å².